The smallest absolute Gasteiger partial charge is 0.275 e. The van der Waals surface area contributed by atoms with Gasteiger partial charge >= 0.3 is 0 Å². The molecule has 0 bridgehead atoms. The summed E-state index contributed by atoms with van der Waals surface area (Å²) in [5, 5.41) is 7.43. The van der Waals surface area contributed by atoms with Crippen LogP contribution in [0.2, 0.25) is 0 Å². The Labute approximate surface area is 217 Å². The zero-order valence-corrected chi connectivity index (χ0v) is 22.5. The second-order valence-corrected chi connectivity index (χ2v) is 11.6. The van der Waals surface area contributed by atoms with E-state index >= 15 is 0 Å². The minimum Gasteiger partial charge on any atom is -0.493 e. The zero-order valence-electron chi connectivity index (χ0n) is 21.7. The van der Waals surface area contributed by atoms with E-state index in [-0.39, 0.29) is 22.1 Å². The molecule has 0 unspecified atom stereocenters. The molecule has 1 aliphatic rings. The van der Waals surface area contributed by atoms with Gasteiger partial charge in [0.25, 0.3) is 5.56 Å². The Balaban J connectivity index is 1.70. The Morgan fingerprint density at radius 2 is 2.00 bits per heavy atom. The number of sulfonamides is 1. The number of H-pyrrole nitrogens is 1. The van der Waals surface area contributed by atoms with Crippen LogP contribution in [0, 0.1) is 11.3 Å². The van der Waals surface area contributed by atoms with Gasteiger partial charge in [0.15, 0.2) is 0 Å². The minimum atomic E-state index is -3.76. The average Bonchev–Trinajstić information content (AvgIpc) is 3.19. The first-order chi connectivity index (χ1) is 17.6. The van der Waals surface area contributed by atoms with Crippen LogP contribution < -0.4 is 16.0 Å². The third kappa shape index (κ3) is 5.57. The van der Waals surface area contributed by atoms with Crippen LogP contribution in [0.3, 0.4) is 0 Å². The molecule has 4 N–H and O–H groups in total. The molecular formula is C26H36N6O4S. The SMILES string of the molecule is CCCc1cn(C)c2c(=O)[nH]c(-c3cc(S(=O)(=O)N4CCC(CCC(=N)N)CC4)ccc3OCC)nc12. The summed E-state index contributed by atoms with van der Waals surface area (Å²) in [6.45, 7) is 5.13. The fourth-order valence-corrected chi connectivity index (χ4v) is 6.54. The molecule has 1 fully saturated rings. The van der Waals surface area contributed by atoms with Crippen molar-refractivity contribution in [2.24, 2.45) is 18.7 Å². The van der Waals surface area contributed by atoms with Crippen molar-refractivity contribution in [2.45, 2.75) is 57.3 Å². The Morgan fingerprint density at radius 1 is 1.27 bits per heavy atom. The number of nitrogens with one attached hydrogen (secondary N) is 2. The summed E-state index contributed by atoms with van der Waals surface area (Å²) >= 11 is 0. The molecule has 2 aromatic heterocycles. The second-order valence-electron chi connectivity index (χ2n) is 9.63. The number of rotatable bonds is 10. The summed E-state index contributed by atoms with van der Waals surface area (Å²) in [7, 11) is -1.94. The van der Waals surface area contributed by atoms with Crippen LogP contribution in [0.25, 0.3) is 22.4 Å². The number of nitrogens with zero attached hydrogens (tertiary/aromatic N) is 3. The molecule has 0 saturated carbocycles. The molecule has 0 radical (unpaired) electrons. The lowest BCUT2D eigenvalue weighted by molar-refractivity contribution is 0.265. The molecule has 10 nitrogen and oxygen atoms in total. The van der Waals surface area contributed by atoms with Crippen molar-refractivity contribution >= 4 is 26.9 Å². The molecule has 0 spiro atoms. The van der Waals surface area contributed by atoms with E-state index in [1.54, 1.807) is 22.8 Å². The van der Waals surface area contributed by atoms with Gasteiger partial charge in [-0.25, -0.2) is 13.4 Å². The summed E-state index contributed by atoms with van der Waals surface area (Å²) in [6, 6.07) is 4.73. The highest BCUT2D eigenvalue weighted by molar-refractivity contribution is 7.89. The number of aryl methyl sites for hydroxylation is 2. The minimum absolute atomic E-state index is 0.137. The standard InChI is InChI=1S/C26H36N6O4S/c1-4-6-18-16-31(3)24-23(18)29-25(30-26(24)33)20-15-19(8-9-21(20)36-5-2)37(34,35)32-13-11-17(12-14-32)7-10-22(27)28/h8-9,15-17H,4-7,10-14H2,1-3H3,(H3,27,28)(H,29,30,33). The Kier molecular flexibility index (Phi) is 8.03. The van der Waals surface area contributed by atoms with E-state index in [2.05, 4.69) is 11.9 Å². The van der Waals surface area contributed by atoms with E-state index in [4.69, 9.17) is 20.9 Å². The number of hydrogen-bond donors (Lipinski definition) is 3. The van der Waals surface area contributed by atoms with Gasteiger partial charge in [0.1, 0.15) is 17.1 Å². The maximum absolute atomic E-state index is 13.6. The molecule has 0 amide bonds. The maximum atomic E-state index is 13.6. The summed E-state index contributed by atoms with van der Waals surface area (Å²) < 4.78 is 36.2. The third-order valence-corrected chi connectivity index (χ3v) is 8.85. The first kappa shape index (κ1) is 26.9. The summed E-state index contributed by atoms with van der Waals surface area (Å²) in [6.07, 6.45) is 6.42. The maximum Gasteiger partial charge on any atom is 0.275 e. The molecular weight excluding hydrogens is 492 g/mol. The van der Waals surface area contributed by atoms with Crippen LogP contribution in [0.4, 0.5) is 0 Å². The number of ether oxygens (including phenoxy) is 1. The molecule has 37 heavy (non-hydrogen) atoms. The van der Waals surface area contributed by atoms with E-state index < -0.39 is 10.0 Å². The van der Waals surface area contributed by atoms with E-state index in [1.807, 2.05) is 20.2 Å². The van der Waals surface area contributed by atoms with Gasteiger partial charge in [-0.3, -0.25) is 10.2 Å². The molecule has 3 heterocycles. The van der Waals surface area contributed by atoms with E-state index in [1.165, 1.54) is 4.31 Å². The molecule has 0 aliphatic carbocycles. The fourth-order valence-electron chi connectivity index (χ4n) is 5.04. The predicted molar refractivity (Wildman–Crippen MR) is 145 cm³/mol. The van der Waals surface area contributed by atoms with E-state index in [0.717, 1.165) is 37.7 Å². The first-order valence-corrected chi connectivity index (χ1v) is 14.3. The van der Waals surface area contributed by atoms with Gasteiger partial charge in [-0.05, 0) is 62.3 Å². The highest BCUT2D eigenvalue weighted by Crippen LogP contribution is 2.33. The Morgan fingerprint density at radius 3 is 2.65 bits per heavy atom. The normalized spacial score (nSPS) is 15.3. The van der Waals surface area contributed by atoms with Crippen molar-refractivity contribution < 1.29 is 13.2 Å². The molecule has 11 heteroatoms. The molecule has 3 aromatic rings. The van der Waals surface area contributed by atoms with Crippen LogP contribution in [0.1, 0.15) is 51.5 Å². The number of hydrogen-bond acceptors (Lipinski definition) is 6. The fraction of sp³-hybridized carbons (Fsp3) is 0.500. The van der Waals surface area contributed by atoms with Crippen LogP contribution in [-0.2, 0) is 23.5 Å². The van der Waals surface area contributed by atoms with Crippen molar-refractivity contribution in [3.8, 4) is 17.1 Å². The third-order valence-electron chi connectivity index (χ3n) is 6.96. The van der Waals surface area contributed by atoms with Crippen LogP contribution in [-0.4, -0.2) is 52.8 Å². The molecule has 1 aliphatic heterocycles. The molecule has 1 saturated heterocycles. The highest BCUT2D eigenvalue weighted by atomic mass is 32.2. The second kappa shape index (κ2) is 11.1. The van der Waals surface area contributed by atoms with Crippen molar-refractivity contribution in [1.82, 2.24) is 18.8 Å². The van der Waals surface area contributed by atoms with Gasteiger partial charge in [-0.1, -0.05) is 13.3 Å². The van der Waals surface area contributed by atoms with Gasteiger partial charge in [0.2, 0.25) is 10.0 Å². The van der Waals surface area contributed by atoms with Crippen LogP contribution in [0.15, 0.2) is 34.1 Å². The topological polar surface area (TPSA) is 147 Å². The van der Waals surface area contributed by atoms with Gasteiger partial charge in [-0.15, -0.1) is 0 Å². The lowest BCUT2D eigenvalue weighted by Gasteiger charge is -2.31. The van der Waals surface area contributed by atoms with Gasteiger partial charge in [0, 0.05) is 32.8 Å². The van der Waals surface area contributed by atoms with Crippen molar-refractivity contribution in [3.05, 3.63) is 40.3 Å². The van der Waals surface area contributed by atoms with Crippen molar-refractivity contribution in [2.75, 3.05) is 19.7 Å². The van der Waals surface area contributed by atoms with E-state index in [0.29, 0.717) is 54.4 Å². The largest absolute Gasteiger partial charge is 0.493 e. The number of fused-ring (bicyclic) bond motifs is 1. The number of nitrogens with two attached hydrogens (primary N) is 1. The molecule has 4 rings (SSSR count). The molecule has 1 aromatic carbocycles. The summed E-state index contributed by atoms with van der Waals surface area (Å²) in [5.74, 6) is 1.26. The number of piperidine rings is 1. The van der Waals surface area contributed by atoms with Crippen molar-refractivity contribution in [3.63, 3.8) is 0 Å². The van der Waals surface area contributed by atoms with Crippen molar-refractivity contribution in [1.29, 1.82) is 5.41 Å². The highest BCUT2D eigenvalue weighted by Gasteiger charge is 2.30. The van der Waals surface area contributed by atoms with Gasteiger partial charge in [0.05, 0.1) is 28.4 Å². The molecule has 0 atom stereocenters. The summed E-state index contributed by atoms with van der Waals surface area (Å²) in [5.41, 5.74) is 7.71. The first-order valence-electron chi connectivity index (χ1n) is 12.8. The average molecular weight is 529 g/mol. The Hall–Kier alpha value is -3.18. The number of benzene rings is 1. The lowest BCUT2D eigenvalue weighted by atomic mass is 9.93. The quantitative estimate of drug-likeness (QED) is 0.271. The predicted octanol–water partition coefficient (Wildman–Crippen LogP) is 3.40. The number of aromatic nitrogens is 3. The molecule has 200 valence electrons. The van der Waals surface area contributed by atoms with Gasteiger partial charge < -0.3 is 20.0 Å². The number of aromatic amines is 1. The van der Waals surface area contributed by atoms with Crippen LogP contribution in [0.5, 0.6) is 5.75 Å². The summed E-state index contributed by atoms with van der Waals surface area (Å²) in [4.78, 5) is 20.8. The zero-order chi connectivity index (χ0) is 26.7. The Bertz CT molecular complexity index is 1450. The number of amidine groups is 1. The van der Waals surface area contributed by atoms with Gasteiger partial charge in [-0.2, -0.15) is 4.31 Å². The lowest BCUT2D eigenvalue weighted by Crippen LogP contribution is -2.38. The van der Waals surface area contributed by atoms with E-state index in [9.17, 15) is 13.2 Å². The monoisotopic (exact) mass is 528 g/mol. The van der Waals surface area contributed by atoms with Crippen LogP contribution >= 0.6 is 0 Å².